The van der Waals surface area contributed by atoms with Crippen LogP contribution in [-0.4, -0.2) is 17.3 Å². The third kappa shape index (κ3) is 1.28. The van der Waals surface area contributed by atoms with Crippen molar-refractivity contribution in [1.82, 2.24) is 4.98 Å². The molecule has 0 saturated heterocycles. The third-order valence-electron chi connectivity index (χ3n) is 2.83. The molecule has 0 aromatic carbocycles. The fourth-order valence-electron chi connectivity index (χ4n) is 1.56. The number of nitrogens with two attached hydrogens (primary N) is 2. The lowest BCUT2D eigenvalue weighted by Gasteiger charge is -2.11. The molecule has 4 N–H and O–H groups in total. The number of anilines is 1. The minimum atomic E-state index is -0.336. The number of hydrogen-bond donors (Lipinski definition) is 2. The van der Waals surface area contributed by atoms with Gasteiger partial charge in [0.15, 0.2) is 5.78 Å². The van der Waals surface area contributed by atoms with E-state index < -0.39 is 0 Å². The molecule has 14 heavy (non-hydrogen) atoms. The smallest absolute Gasteiger partial charge is 0.173 e. The van der Waals surface area contributed by atoms with Crippen LogP contribution < -0.4 is 11.5 Å². The second kappa shape index (κ2) is 3.06. The van der Waals surface area contributed by atoms with Gasteiger partial charge in [0, 0.05) is 30.0 Å². The molecule has 0 radical (unpaired) electrons. The van der Waals surface area contributed by atoms with Gasteiger partial charge in [-0.3, -0.25) is 9.78 Å². The molecule has 0 atom stereocenters. The highest BCUT2D eigenvalue weighted by molar-refractivity contribution is 6.05. The van der Waals surface area contributed by atoms with E-state index in [2.05, 4.69) is 4.98 Å². The van der Waals surface area contributed by atoms with Gasteiger partial charge in [0.2, 0.25) is 0 Å². The van der Waals surface area contributed by atoms with Crippen LogP contribution in [0.25, 0.3) is 0 Å². The summed E-state index contributed by atoms with van der Waals surface area (Å²) in [6, 6.07) is 1.64. The van der Waals surface area contributed by atoms with E-state index in [9.17, 15) is 4.79 Å². The molecular formula is C10H13N3O. The Morgan fingerprint density at radius 1 is 1.57 bits per heavy atom. The average Bonchev–Trinajstić information content (AvgIpc) is 2.98. The number of nitrogens with zero attached hydrogens (tertiary/aromatic N) is 1. The van der Waals surface area contributed by atoms with Gasteiger partial charge in [0.05, 0.1) is 5.56 Å². The molecule has 0 aliphatic heterocycles. The van der Waals surface area contributed by atoms with Crippen molar-refractivity contribution < 1.29 is 4.79 Å². The summed E-state index contributed by atoms with van der Waals surface area (Å²) in [4.78, 5) is 15.9. The van der Waals surface area contributed by atoms with Crippen LogP contribution >= 0.6 is 0 Å². The maximum absolute atomic E-state index is 12.0. The van der Waals surface area contributed by atoms with Gasteiger partial charge in [-0.2, -0.15) is 0 Å². The summed E-state index contributed by atoms with van der Waals surface area (Å²) >= 11 is 0. The Morgan fingerprint density at radius 3 is 2.79 bits per heavy atom. The monoisotopic (exact) mass is 191 g/mol. The number of ketones is 1. The van der Waals surface area contributed by atoms with Gasteiger partial charge in [-0.25, -0.2) is 0 Å². The van der Waals surface area contributed by atoms with Crippen molar-refractivity contribution in [2.24, 2.45) is 11.1 Å². The van der Waals surface area contributed by atoms with Crippen LogP contribution in [0.5, 0.6) is 0 Å². The van der Waals surface area contributed by atoms with E-state index in [0.717, 1.165) is 12.8 Å². The Hall–Kier alpha value is -1.42. The maximum atomic E-state index is 12.0. The Kier molecular flexibility index (Phi) is 2.00. The van der Waals surface area contributed by atoms with Crippen molar-refractivity contribution in [3.63, 3.8) is 0 Å². The summed E-state index contributed by atoms with van der Waals surface area (Å²) in [5.41, 5.74) is 11.9. The highest BCUT2D eigenvalue weighted by Crippen LogP contribution is 2.47. The molecule has 1 aromatic rings. The number of carbonyl (C=O) groups is 1. The summed E-state index contributed by atoms with van der Waals surface area (Å²) < 4.78 is 0. The minimum absolute atomic E-state index is 0.0469. The molecule has 1 aromatic heterocycles. The van der Waals surface area contributed by atoms with Gasteiger partial charge in [0.1, 0.15) is 0 Å². The highest BCUT2D eigenvalue weighted by Gasteiger charge is 2.49. The number of nitrogen functional groups attached to an aromatic ring is 1. The predicted molar refractivity (Wildman–Crippen MR) is 53.7 cm³/mol. The molecule has 0 spiro atoms. The summed E-state index contributed by atoms with van der Waals surface area (Å²) in [5, 5.41) is 0. The van der Waals surface area contributed by atoms with Gasteiger partial charge in [-0.1, -0.05) is 0 Å². The first kappa shape index (κ1) is 9.15. The van der Waals surface area contributed by atoms with Crippen molar-refractivity contribution in [3.8, 4) is 0 Å². The molecule has 1 aliphatic carbocycles. The largest absolute Gasteiger partial charge is 0.398 e. The number of aromatic nitrogens is 1. The van der Waals surface area contributed by atoms with E-state index in [0.29, 0.717) is 17.8 Å². The predicted octanol–water partition coefficient (Wildman–Crippen LogP) is 0.585. The lowest BCUT2D eigenvalue weighted by Crippen LogP contribution is -2.26. The normalized spacial score (nSPS) is 17.8. The van der Waals surface area contributed by atoms with Crippen LogP contribution in [0.2, 0.25) is 0 Å². The zero-order chi connectivity index (χ0) is 10.2. The fraction of sp³-hybridized carbons (Fsp3) is 0.400. The van der Waals surface area contributed by atoms with Crippen molar-refractivity contribution in [2.45, 2.75) is 12.8 Å². The molecule has 1 heterocycles. The Morgan fingerprint density at radius 2 is 2.29 bits per heavy atom. The summed E-state index contributed by atoms with van der Waals surface area (Å²) in [6.45, 7) is 0.403. The second-order valence-corrected chi connectivity index (χ2v) is 3.78. The molecule has 4 heteroatoms. The van der Waals surface area contributed by atoms with E-state index in [4.69, 9.17) is 11.5 Å². The fourth-order valence-corrected chi connectivity index (χ4v) is 1.56. The van der Waals surface area contributed by atoms with Crippen molar-refractivity contribution in [1.29, 1.82) is 0 Å². The number of Topliss-reactive ketones (excluding diaryl/α,β-unsaturated/α-hetero) is 1. The SMILES string of the molecule is NCC1(C(=O)c2cnccc2N)CC1. The van der Waals surface area contributed by atoms with Crippen molar-refractivity contribution >= 4 is 11.5 Å². The van der Waals surface area contributed by atoms with Crippen LogP contribution in [0.1, 0.15) is 23.2 Å². The molecule has 0 unspecified atom stereocenters. The highest BCUT2D eigenvalue weighted by atomic mass is 16.1. The molecule has 4 nitrogen and oxygen atoms in total. The molecular weight excluding hydrogens is 178 g/mol. The first-order chi connectivity index (χ1) is 6.69. The molecule has 2 rings (SSSR count). The van der Waals surface area contributed by atoms with Gasteiger partial charge < -0.3 is 11.5 Å². The lowest BCUT2D eigenvalue weighted by molar-refractivity contribution is 0.0906. The van der Waals surface area contributed by atoms with Crippen LogP contribution in [0, 0.1) is 5.41 Å². The Labute approximate surface area is 82.3 Å². The van der Waals surface area contributed by atoms with Crippen molar-refractivity contribution in [3.05, 3.63) is 24.0 Å². The zero-order valence-electron chi connectivity index (χ0n) is 7.86. The Bertz CT molecular complexity index is 371. The molecule has 1 aliphatic rings. The Balaban J connectivity index is 2.32. The van der Waals surface area contributed by atoms with E-state index in [1.165, 1.54) is 6.20 Å². The zero-order valence-corrected chi connectivity index (χ0v) is 7.86. The maximum Gasteiger partial charge on any atom is 0.173 e. The molecule has 74 valence electrons. The number of carbonyl (C=O) groups excluding carboxylic acids is 1. The van der Waals surface area contributed by atoms with Crippen LogP contribution in [0.15, 0.2) is 18.5 Å². The minimum Gasteiger partial charge on any atom is -0.398 e. The van der Waals surface area contributed by atoms with Gasteiger partial charge in [-0.05, 0) is 18.9 Å². The number of hydrogen-bond acceptors (Lipinski definition) is 4. The van der Waals surface area contributed by atoms with Gasteiger partial charge >= 0.3 is 0 Å². The van der Waals surface area contributed by atoms with E-state index in [-0.39, 0.29) is 11.2 Å². The summed E-state index contributed by atoms with van der Waals surface area (Å²) in [5.74, 6) is 0.0469. The van der Waals surface area contributed by atoms with Gasteiger partial charge in [-0.15, -0.1) is 0 Å². The molecule has 0 bridgehead atoms. The van der Waals surface area contributed by atoms with Crippen LogP contribution in [0.3, 0.4) is 0 Å². The topological polar surface area (TPSA) is 82.0 Å². The standard InChI is InChI=1S/C10H13N3O/c11-6-10(2-3-10)9(14)7-5-13-4-1-8(7)12/h1,4-5H,2-3,6,11H2,(H2,12,13). The number of pyridine rings is 1. The third-order valence-corrected chi connectivity index (χ3v) is 2.83. The van der Waals surface area contributed by atoms with E-state index in [1.54, 1.807) is 12.3 Å². The molecule has 1 saturated carbocycles. The van der Waals surface area contributed by atoms with Gasteiger partial charge in [0.25, 0.3) is 0 Å². The summed E-state index contributed by atoms with van der Waals surface area (Å²) in [6.07, 6.45) is 4.84. The van der Waals surface area contributed by atoms with Crippen molar-refractivity contribution in [2.75, 3.05) is 12.3 Å². The number of rotatable bonds is 3. The summed E-state index contributed by atoms with van der Waals surface area (Å²) in [7, 11) is 0. The lowest BCUT2D eigenvalue weighted by atomic mass is 9.95. The first-order valence-electron chi connectivity index (χ1n) is 4.64. The van der Waals surface area contributed by atoms with E-state index in [1.807, 2.05) is 0 Å². The molecule has 1 fully saturated rings. The first-order valence-corrected chi connectivity index (χ1v) is 4.64. The van der Waals surface area contributed by atoms with Crippen LogP contribution in [0.4, 0.5) is 5.69 Å². The average molecular weight is 191 g/mol. The quantitative estimate of drug-likeness (QED) is 0.685. The molecule has 0 amide bonds. The van der Waals surface area contributed by atoms with Crippen LogP contribution in [-0.2, 0) is 0 Å². The second-order valence-electron chi connectivity index (χ2n) is 3.78. The van der Waals surface area contributed by atoms with E-state index >= 15 is 0 Å².